The second-order valence-corrected chi connectivity index (χ2v) is 5.65. The Kier molecular flexibility index (Phi) is 5.57. The lowest BCUT2D eigenvalue weighted by Crippen LogP contribution is -2.34. The molecule has 2 amide bonds. The van der Waals surface area contributed by atoms with Crippen LogP contribution in [0.15, 0.2) is 0 Å². The van der Waals surface area contributed by atoms with Gasteiger partial charge in [-0.2, -0.15) is 5.10 Å². The number of hydrogen-bond acceptors (Lipinski definition) is 5. The minimum atomic E-state index is -0.520. The number of nitrogen functional groups attached to an aromatic ring is 1. The summed E-state index contributed by atoms with van der Waals surface area (Å²) in [7, 11) is 0. The van der Waals surface area contributed by atoms with E-state index in [0.717, 1.165) is 0 Å². The number of nitrogens with one attached hydrogen (secondary N) is 3. The van der Waals surface area contributed by atoms with Crippen molar-refractivity contribution in [3.63, 3.8) is 0 Å². The van der Waals surface area contributed by atoms with Crippen LogP contribution in [0.2, 0.25) is 0 Å². The van der Waals surface area contributed by atoms with Gasteiger partial charge in [0.15, 0.2) is 5.69 Å². The third kappa shape index (κ3) is 5.72. The van der Waals surface area contributed by atoms with Crippen LogP contribution < -0.4 is 16.4 Å². The van der Waals surface area contributed by atoms with Crippen LogP contribution in [0.1, 0.15) is 43.4 Å². The van der Waals surface area contributed by atoms with E-state index in [1.807, 2.05) is 0 Å². The Morgan fingerprint density at radius 1 is 1.29 bits per heavy atom. The highest BCUT2D eigenvalue weighted by Gasteiger charge is 2.16. The molecule has 0 atom stereocenters. The van der Waals surface area contributed by atoms with Crippen LogP contribution in [0, 0.1) is 6.92 Å². The first-order valence-electron chi connectivity index (χ1n) is 6.76. The van der Waals surface area contributed by atoms with Gasteiger partial charge in [0, 0.05) is 13.1 Å². The maximum Gasteiger partial charge on any atom is 0.407 e. The Morgan fingerprint density at radius 3 is 2.43 bits per heavy atom. The van der Waals surface area contributed by atoms with E-state index in [-0.39, 0.29) is 11.6 Å². The number of aromatic nitrogens is 2. The molecule has 0 bridgehead atoms. The molecule has 0 saturated heterocycles. The van der Waals surface area contributed by atoms with Crippen molar-refractivity contribution < 1.29 is 14.3 Å². The minimum absolute atomic E-state index is 0.188. The molecular weight excluding hydrogens is 274 g/mol. The quantitative estimate of drug-likeness (QED) is 0.603. The molecule has 1 rings (SSSR count). The van der Waals surface area contributed by atoms with Crippen molar-refractivity contribution in [2.45, 2.75) is 39.7 Å². The lowest BCUT2D eigenvalue weighted by Gasteiger charge is -2.19. The Balaban J connectivity index is 2.21. The fraction of sp³-hybridized carbons (Fsp3) is 0.615. The highest BCUT2D eigenvalue weighted by molar-refractivity contribution is 5.97. The van der Waals surface area contributed by atoms with Crippen LogP contribution in [-0.4, -0.2) is 40.9 Å². The summed E-state index contributed by atoms with van der Waals surface area (Å²) >= 11 is 0. The van der Waals surface area contributed by atoms with Crippen molar-refractivity contribution in [1.82, 2.24) is 20.8 Å². The summed E-state index contributed by atoms with van der Waals surface area (Å²) in [5, 5.41) is 11.8. The summed E-state index contributed by atoms with van der Waals surface area (Å²) in [5.41, 5.74) is 6.38. The van der Waals surface area contributed by atoms with Crippen LogP contribution in [-0.2, 0) is 4.74 Å². The van der Waals surface area contributed by atoms with Crippen molar-refractivity contribution in [3.8, 4) is 0 Å². The van der Waals surface area contributed by atoms with Crippen molar-refractivity contribution in [3.05, 3.63) is 11.4 Å². The first-order chi connectivity index (χ1) is 9.70. The molecule has 0 fully saturated rings. The number of carbonyl (C=O) groups is 2. The number of carbonyl (C=O) groups excluding carboxylic acids is 2. The van der Waals surface area contributed by atoms with Gasteiger partial charge in [0.1, 0.15) is 5.60 Å². The van der Waals surface area contributed by atoms with Crippen molar-refractivity contribution in [1.29, 1.82) is 0 Å². The fourth-order valence-electron chi connectivity index (χ4n) is 1.49. The zero-order valence-corrected chi connectivity index (χ0v) is 12.9. The molecule has 5 N–H and O–H groups in total. The third-order valence-corrected chi connectivity index (χ3v) is 2.52. The Hall–Kier alpha value is -2.25. The SMILES string of the molecule is Cc1[nH]nc(C(=O)NCCCNC(=O)OC(C)(C)C)c1N. The van der Waals surface area contributed by atoms with E-state index in [1.165, 1.54) is 0 Å². The summed E-state index contributed by atoms with van der Waals surface area (Å²) in [5.74, 6) is -0.339. The number of ether oxygens (including phenoxy) is 1. The molecule has 1 aromatic rings. The minimum Gasteiger partial charge on any atom is -0.444 e. The predicted octanol–water partition coefficient (Wildman–Crippen LogP) is 0.945. The largest absolute Gasteiger partial charge is 0.444 e. The molecule has 21 heavy (non-hydrogen) atoms. The number of H-pyrrole nitrogens is 1. The van der Waals surface area contributed by atoms with Gasteiger partial charge in [-0.1, -0.05) is 0 Å². The molecule has 0 saturated carbocycles. The number of aromatic amines is 1. The number of rotatable bonds is 5. The van der Waals surface area contributed by atoms with E-state index in [4.69, 9.17) is 10.5 Å². The average Bonchev–Trinajstić information content (AvgIpc) is 2.67. The number of anilines is 1. The van der Waals surface area contributed by atoms with Gasteiger partial charge in [-0.05, 0) is 34.1 Å². The molecule has 8 heteroatoms. The highest BCUT2D eigenvalue weighted by Crippen LogP contribution is 2.11. The van der Waals surface area contributed by atoms with Crippen LogP contribution >= 0.6 is 0 Å². The first-order valence-corrected chi connectivity index (χ1v) is 6.76. The van der Waals surface area contributed by atoms with Crippen LogP contribution in [0.25, 0.3) is 0 Å². The normalized spacial score (nSPS) is 11.0. The lowest BCUT2D eigenvalue weighted by atomic mass is 10.2. The van der Waals surface area contributed by atoms with Crippen molar-refractivity contribution in [2.75, 3.05) is 18.8 Å². The van der Waals surface area contributed by atoms with E-state index in [9.17, 15) is 9.59 Å². The van der Waals surface area contributed by atoms with E-state index in [0.29, 0.717) is 30.9 Å². The number of amides is 2. The standard InChI is InChI=1S/C13H23N5O3/c1-8-9(14)10(18-17-8)11(19)15-6-5-7-16-12(20)21-13(2,3)4/h5-7,14H2,1-4H3,(H,15,19)(H,16,20)(H,17,18). The molecule has 0 aromatic carbocycles. The summed E-state index contributed by atoms with van der Waals surface area (Å²) in [4.78, 5) is 23.2. The number of nitrogens with zero attached hydrogens (tertiary/aromatic N) is 1. The number of hydrogen-bond donors (Lipinski definition) is 4. The average molecular weight is 297 g/mol. The van der Waals surface area contributed by atoms with Crippen LogP contribution in [0.5, 0.6) is 0 Å². The van der Waals surface area contributed by atoms with E-state index in [1.54, 1.807) is 27.7 Å². The summed E-state index contributed by atoms with van der Waals surface area (Å²) in [6.45, 7) is 7.93. The van der Waals surface area contributed by atoms with Crippen LogP contribution in [0.3, 0.4) is 0 Å². The summed E-state index contributed by atoms with van der Waals surface area (Å²) in [6.07, 6.45) is 0.106. The molecule has 0 spiro atoms. The lowest BCUT2D eigenvalue weighted by molar-refractivity contribution is 0.0527. The fourth-order valence-corrected chi connectivity index (χ4v) is 1.49. The van der Waals surface area contributed by atoms with Crippen molar-refractivity contribution >= 4 is 17.7 Å². The van der Waals surface area contributed by atoms with Gasteiger partial charge >= 0.3 is 6.09 Å². The Labute approximate surface area is 123 Å². The van der Waals surface area contributed by atoms with Gasteiger partial charge in [-0.25, -0.2) is 4.79 Å². The van der Waals surface area contributed by atoms with Gasteiger partial charge in [0.05, 0.1) is 11.4 Å². The molecule has 118 valence electrons. The zero-order valence-electron chi connectivity index (χ0n) is 12.9. The molecule has 0 aliphatic carbocycles. The first kappa shape index (κ1) is 16.8. The monoisotopic (exact) mass is 297 g/mol. The molecule has 0 unspecified atom stereocenters. The molecule has 0 radical (unpaired) electrons. The molecule has 1 heterocycles. The molecule has 0 aliphatic rings. The maximum absolute atomic E-state index is 11.8. The Bertz CT molecular complexity index is 504. The molecule has 0 aliphatic heterocycles. The van der Waals surface area contributed by atoms with Gasteiger partial charge in [0.2, 0.25) is 0 Å². The van der Waals surface area contributed by atoms with Crippen molar-refractivity contribution in [2.24, 2.45) is 0 Å². The van der Waals surface area contributed by atoms with Crippen LogP contribution in [0.4, 0.5) is 10.5 Å². The number of alkyl carbamates (subject to hydrolysis) is 1. The number of aryl methyl sites for hydroxylation is 1. The highest BCUT2D eigenvalue weighted by atomic mass is 16.6. The Morgan fingerprint density at radius 2 is 1.90 bits per heavy atom. The number of nitrogens with two attached hydrogens (primary N) is 1. The molecule has 1 aromatic heterocycles. The summed E-state index contributed by atoms with van der Waals surface area (Å²) in [6, 6.07) is 0. The molecule has 8 nitrogen and oxygen atoms in total. The maximum atomic E-state index is 11.8. The van der Waals surface area contributed by atoms with E-state index in [2.05, 4.69) is 20.8 Å². The van der Waals surface area contributed by atoms with Gasteiger partial charge < -0.3 is 21.1 Å². The van der Waals surface area contributed by atoms with Gasteiger partial charge in [0.25, 0.3) is 5.91 Å². The third-order valence-electron chi connectivity index (χ3n) is 2.52. The second-order valence-electron chi connectivity index (χ2n) is 5.65. The summed E-state index contributed by atoms with van der Waals surface area (Å²) < 4.78 is 5.09. The predicted molar refractivity (Wildman–Crippen MR) is 78.9 cm³/mol. The van der Waals surface area contributed by atoms with Gasteiger partial charge in [-0.3, -0.25) is 9.89 Å². The van der Waals surface area contributed by atoms with E-state index < -0.39 is 11.7 Å². The van der Waals surface area contributed by atoms with Gasteiger partial charge in [-0.15, -0.1) is 0 Å². The smallest absolute Gasteiger partial charge is 0.407 e. The van der Waals surface area contributed by atoms with E-state index >= 15 is 0 Å². The topological polar surface area (TPSA) is 122 Å². The zero-order chi connectivity index (χ0) is 16.0. The molecular formula is C13H23N5O3. The second kappa shape index (κ2) is 6.96.